The van der Waals surface area contributed by atoms with E-state index in [2.05, 4.69) is 10.6 Å². The van der Waals surface area contributed by atoms with Gasteiger partial charge in [0.25, 0.3) is 0 Å². The second kappa shape index (κ2) is 4.94. The quantitative estimate of drug-likeness (QED) is 0.608. The lowest BCUT2D eigenvalue weighted by molar-refractivity contribution is -0.126. The number of aliphatic hydroxyl groups is 1. The minimum Gasteiger partial charge on any atom is -0.391 e. The SMILES string of the molecule is O=C(NCC(O)C1CC1)C1CCCNC1. The molecule has 0 radical (unpaired) electrons. The largest absolute Gasteiger partial charge is 0.391 e. The van der Waals surface area contributed by atoms with Crippen LogP contribution < -0.4 is 10.6 Å². The van der Waals surface area contributed by atoms with Crippen LogP contribution in [0.4, 0.5) is 0 Å². The number of rotatable bonds is 4. The third-order valence-corrected chi connectivity index (χ3v) is 3.32. The Kier molecular flexibility index (Phi) is 3.59. The minimum atomic E-state index is -0.328. The molecule has 0 aromatic carbocycles. The summed E-state index contributed by atoms with van der Waals surface area (Å²) in [6, 6.07) is 0. The first-order valence-electron chi connectivity index (χ1n) is 5.94. The van der Waals surface area contributed by atoms with Gasteiger partial charge in [-0.05, 0) is 38.1 Å². The summed E-state index contributed by atoms with van der Waals surface area (Å²) in [5, 5.41) is 15.7. The van der Waals surface area contributed by atoms with E-state index in [4.69, 9.17) is 0 Å². The molecule has 1 aliphatic heterocycles. The van der Waals surface area contributed by atoms with Gasteiger partial charge < -0.3 is 15.7 Å². The Hall–Kier alpha value is -0.610. The fourth-order valence-corrected chi connectivity index (χ4v) is 2.07. The highest BCUT2D eigenvalue weighted by Crippen LogP contribution is 2.32. The molecule has 2 aliphatic rings. The van der Waals surface area contributed by atoms with Crippen LogP contribution in [0.2, 0.25) is 0 Å². The van der Waals surface area contributed by atoms with E-state index in [1.807, 2.05) is 0 Å². The lowest BCUT2D eigenvalue weighted by Crippen LogP contribution is -2.43. The first-order chi connectivity index (χ1) is 7.27. The van der Waals surface area contributed by atoms with Crippen molar-refractivity contribution in [2.75, 3.05) is 19.6 Å². The zero-order valence-corrected chi connectivity index (χ0v) is 9.04. The molecular weight excluding hydrogens is 192 g/mol. The maximum atomic E-state index is 11.7. The molecule has 2 unspecified atom stereocenters. The normalized spacial score (nSPS) is 28.5. The molecule has 2 fully saturated rings. The Labute approximate surface area is 90.4 Å². The Bertz CT molecular complexity index is 223. The van der Waals surface area contributed by atoms with E-state index in [1.54, 1.807) is 0 Å². The van der Waals surface area contributed by atoms with Gasteiger partial charge in [-0.15, -0.1) is 0 Å². The van der Waals surface area contributed by atoms with Gasteiger partial charge >= 0.3 is 0 Å². The summed E-state index contributed by atoms with van der Waals surface area (Å²) in [6.07, 6.45) is 3.94. The number of hydrogen-bond acceptors (Lipinski definition) is 3. The van der Waals surface area contributed by atoms with E-state index in [-0.39, 0.29) is 17.9 Å². The highest BCUT2D eigenvalue weighted by molar-refractivity contribution is 5.78. The van der Waals surface area contributed by atoms with E-state index >= 15 is 0 Å². The predicted molar refractivity (Wildman–Crippen MR) is 57.3 cm³/mol. The molecule has 4 heteroatoms. The molecule has 1 saturated carbocycles. The van der Waals surface area contributed by atoms with Gasteiger partial charge in [0.05, 0.1) is 12.0 Å². The Morgan fingerprint density at radius 3 is 2.87 bits per heavy atom. The van der Waals surface area contributed by atoms with Crippen LogP contribution in [0.15, 0.2) is 0 Å². The van der Waals surface area contributed by atoms with Crippen molar-refractivity contribution in [1.82, 2.24) is 10.6 Å². The standard InChI is InChI=1S/C11H20N2O2/c14-10(8-3-4-8)7-13-11(15)9-2-1-5-12-6-9/h8-10,12,14H,1-7H2,(H,13,15). The molecule has 1 amide bonds. The van der Waals surface area contributed by atoms with Crippen LogP contribution in [0, 0.1) is 11.8 Å². The van der Waals surface area contributed by atoms with E-state index in [9.17, 15) is 9.90 Å². The first kappa shape index (κ1) is 10.9. The molecule has 0 aromatic rings. The van der Waals surface area contributed by atoms with Crippen molar-refractivity contribution in [2.45, 2.75) is 31.8 Å². The van der Waals surface area contributed by atoms with Gasteiger partial charge in [-0.3, -0.25) is 4.79 Å². The van der Waals surface area contributed by atoms with Gasteiger partial charge in [-0.1, -0.05) is 0 Å². The third-order valence-electron chi connectivity index (χ3n) is 3.32. The molecule has 4 nitrogen and oxygen atoms in total. The number of hydrogen-bond donors (Lipinski definition) is 3. The number of nitrogens with one attached hydrogen (secondary N) is 2. The predicted octanol–water partition coefficient (Wildman–Crippen LogP) is -0.127. The van der Waals surface area contributed by atoms with Crippen LogP contribution in [0.1, 0.15) is 25.7 Å². The van der Waals surface area contributed by atoms with Crippen molar-refractivity contribution in [3.63, 3.8) is 0 Å². The fourth-order valence-electron chi connectivity index (χ4n) is 2.07. The average molecular weight is 212 g/mol. The number of piperidine rings is 1. The maximum Gasteiger partial charge on any atom is 0.224 e. The summed E-state index contributed by atoms with van der Waals surface area (Å²) in [5.41, 5.74) is 0. The second-order valence-corrected chi connectivity index (χ2v) is 4.69. The van der Waals surface area contributed by atoms with E-state index in [1.165, 1.54) is 0 Å². The lowest BCUT2D eigenvalue weighted by atomic mass is 9.99. The molecule has 2 atom stereocenters. The second-order valence-electron chi connectivity index (χ2n) is 4.69. The first-order valence-corrected chi connectivity index (χ1v) is 5.94. The van der Waals surface area contributed by atoms with E-state index in [0.717, 1.165) is 38.8 Å². The highest BCUT2D eigenvalue weighted by Gasteiger charge is 2.30. The van der Waals surface area contributed by atoms with Crippen molar-refractivity contribution in [1.29, 1.82) is 0 Å². The minimum absolute atomic E-state index is 0.0990. The van der Waals surface area contributed by atoms with Crippen LogP contribution in [0.5, 0.6) is 0 Å². The summed E-state index contributed by atoms with van der Waals surface area (Å²) in [6.45, 7) is 2.24. The number of carbonyl (C=O) groups is 1. The van der Waals surface area contributed by atoms with Crippen LogP contribution in [-0.2, 0) is 4.79 Å². The van der Waals surface area contributed by atoms with Gasteiger partial charge in [0.1, 0.15) is 0 Å². The van der Waals surface area contributed by atoms with Gasteiger partial charge in [0.15, 0.2) is 0 Å². The van der Waals surface area contributed by atoms with Crippen LogP contribution in [-0.4, -0.2) is 36.8 Å². The van der Waals surface area contributed by atoms with Crippen LogP contribution in [0.25, 0.3) is 0 Å². The van der Waals surface area contributed by atoms with E-state index < -0.39 is 0 Å². The number of amides is 1. The van der Waals surface area contributed by atoms with Gasteiger partial charge in [-0.2, -0.15) is 0 Å². The molecule has 1 heterocycles. The Morgan fingerprint density at radius 2 is 2.27 bits per heavy atom. The highest BCUT2D eigenvalue weighted by atomic mass is 16.3. The molecule has 0 bridgehead atoms. The van der Waals surface area contributed by atoms with Crippen molar-refractivity contribution < 1.29 is 9.90 Å². The molecule has 3 N–H and O–H groups in total. The fraction of sp³-hybridized carbons (Fsp3) is 0.909. The summed E-state index contributed by atoms with van der Waals surface area (Å²) in [4.78, 5) is 11.7. The molecule has 1 aliphatic carbocycles. The molecule has 2 rings (SSSR count). The molecule has 86 valence electrons. The number of carbonyl (C=O) groups excluding carboxylic acids is 1. The van der Waals surface area contributed by atoms with Gasteiger partial charge in [-0.25, -0.2) is 0 Å². The molecule has 0 aromatic heterocycles. The van der Waals surface area contributed by atoms with Gasteiger partial charge in [0.2, 0.25) is 5.91 Å². The summed E-state index contributed by atoms with van der Waals surface area (Å²) in [7, 11) is 0. The lowest BCUT2D eigenvalue weighted by Gasteiger charge is -2.22. The van der Waals surface area contributed by atoms with E-state index in [0.29, 0.717) is 12.5 Å². The van der Waals surface area contributed by atoms with Crippen molar-refractivity contribution >= 4 is 5.91 Å². The molecule has 15 heavy (non-hydrogen) atoms. The Balaban J connectivity index is 1.66. The summed E-state index contributed by atoms with van der Waals surface area (Å²) < 4.78 is 0. The maximum absolute atomic E-state index is 11.7. The molecular formula is C11H20N2O2. The third kappa shape index (κ3) is 3.18. The van der Waals surface area contributed by atoms with Crippen molar-refractivity contribution in [3.8, 4) is 0 Å². The topological polar surface area (TPSA) is 61.4 Å². The molecule has 0 spiro atoms. The van der Waals surface area contributed by atoms with Crippen LogP contribution >= 0.6 is 0 Å². The summed E-state index contributed by atoms with van der Waals surface area (Å²) >= 11 is 0. The zero-order chi connectivity index (χ0) is 10.7. The van der Waals surface area contributed by atoms with Gasteiger partial charge in [0, 0.05) is 13.1 Å². The van der Waals surface area contributed by atoms with Crippen LogP contribution in [0.3, 0.4) is 0 Å². The summed E-state index contributed by atoms with van der Waals surface area (Å²) in [5.74, 6) is 0.641. The molecule has 1 saturated heterocycles. The smallest absolute Gasteiger partial charge is 0.224 e. The monoisotopic (exact) mass is 212 g/mol. The zero-order valence-electron chi connectivity index (χ0n) is 9.04. The average Bonchev–Trinajstić information content (AvgIpc) is 3.10. The van der Waals surface area contributed by atoms with Crippen molar-refractivity contribution in [2.24, 2.45) is 11.8 Å². The Morgan fingerprint density at radius 1 is 1.47 bits per heavy atom. The van der Waals surface area contributed by atoms with Crippen molar-refractivity contribution in [3.05, 3.63) is 0 Å². The number of aliphatic hydroxyl groups excluding tert-OH is 1.